The first-order valence-electron chi connectivity index (χ1n) is 7.92. The van der Waals surface area contributed by atoms with Crippen molar-refractivity contribution in [3.05, 3.63) is 24.0 Å². The van der Waals surface area contributed by atoms with Crippen LogP contribution in [-0.2, 0) is 14.3 Å². The van der Waals surface area contributed by atoms with Crippen LogP contribution in [0, 0.1) is 5.82 Å². The number of carbonyl (C=O) groups excluding carboxylic acids is 1. The van der Waals surface area contributed by atoms with Gasteiger partial charge in [-0.15, -0.1) is 0 Å². The van der Waals surface area contributed by atoms with Gasteiger partial charge in [-0.2, -0.15) is 0 Å². The first-order chi connectivity index (χ1) is 11.9. The maximum Gasteiger partial charge on any atom is 0.411 e. The number of benzene rings is 1. The number of nitrogens with zero attached hydrogens (tertiary/aromatic N) is 2. The Labute approximate surface area is 144 Å². The SMILES string of the molecule is CC(=O)OC(CN)CN(C(=O)O)c1ccc(N2CCOCC2)c(F)c1. The molecule has 1 amide bonds. The second-order valence-electron chi connectivity index (χ2n) is 5.60. The van der Waals surface area contributed by atoms with Crippen molar-refractivity contribution in [3.63, 3.8) is 0 Å². The van der Waals surface area contributed by atoms with Crippen molar-refractivity contribution in [3.8, 4) is 0 Å². The van der Waals surface area contributed by atoms with Gasteiger partial charge in [0.25, 0.3) is 0 Å². The van der Waals surface area contributed by atoms with Crippen LogP contribution in [-0.4, -0.2) is 62.7 Å². The number of amides is 1. The van der Waals surface area contributed by atoms with E-state index in [0.717, 1.165) is 11.0 Å². The van der Waals surface area contributed by atoms with E-state index in [2.05, 4.69) is 0 Å². The van der Waals surface area contributed by atoms with E-state index in [0.29, 0.717) is 32.0 Å². The highest BCUT2D eigenvalue weighted by molar-refractivity contribution is 5.86. The largest absolute Gasteiger partial charge is 0.465 e. The van der Waals surface area contributed by atoms with Crippen molar-refractivity contribution in [1.29, 1.82) is 0 Å². The van der Waals surface area contributed by atoms with Crippen LogP contribution in [0.3, 0.4) is 0 Å². The maximum atomic E-state index is 14.5. The topological polar surface area (TPSA) is 105 Å². The molecule has 1 unspecified atom stereocenters. The summed E-state index contributed by atoms with van der Waals surface area (Å²) in [6, 6.07) is 4.21. The number of nitrogens with two attached hydrogens (primary N) is 1. The Morgan fingerprint density at radius 1 is 1.44 bits per heavy atom. The molecule has 0 saturated carbocycles. The fourth-order valence-corrected chi connectivity index (χ4v) is 2.62. The molecule has 25 heavy (non-hydrogen) atoms. The zero-order chi connectivity index (χ0) is 18.4. The second-order valence-corrected chi connectivity index (χ2v) is 5.60. The fourth-order valence-electron chi connectivity index (χ4n) is 2.62. The summed E-state index contributed by atoms with van der Waals surface area (Å²) < 4.78 is 24.7. The summed E-state index contributed by atoms with van der Waals surface area (Å²) in [7, 11) is 0. The first-order valence-corrected chi connectivity index (χ1v) is 7.92. The lowest BCUT2D eigenvalue weighted by Gasteiger charge is -2.30. The van der Waals surface area contributed by atoms with Crippen molar-refractivity contribution < 1.29 is 28.6 Å². The van der Waals surface area contributed by atoms with Crippen molar-refractivity contribution in [2.75, 3.05) is 49.2 Å². The molecule has 9 heteroatoms. The Morgan fingerprint density at radius 3 is 2.64 bits per heavy atom. The van der Waals surface area contributed by atoms with Crippen molar-refractivity contribution >= 4 is 23.4 Å². The minimum atomic E-state index is -1.29. The summed E-state index contributed by atoms with van der Waals surface area (Å²) in [5.74, 6) is -1.09. The number of hydrogen-bond donors (Lipinski definition) is 2. The number of carboxylic acid groups (broad SMARTS) is 1. The number of carbonyl (C=O) groups is 2. The first kappa shape index (κ1) is 18.9. The van der Waals surface area contributed by atoms with Crippen molar-refractivity contribution in [2.24, 2.45) is 5.73 Å². The molecule has 1 aliphatic rings. The summed E-state index contributed by atoms with van der Waals surface area (Å²) in [4.78, 5) is 25.3. The number of halogens is 1. The molecule has 0 spiro atoms. The highest BCUT2D eigenvalue weighted by atomic mass is 19.1. The molecule has 0 aromatic heterocycles. The zero-order valence-electron chi connectivity index (χ0n) is 14.0. The van der Waals surface area contributed by atoms with Crippen LogP contribution in [0.15, 0.2) is 18.2 Å². The Balaban J connectivity index is 2.19. The predicted octanol–water partition coefficient (Wildman–Crippen LogP) is 1.04. The van der Waals surface area contributed by atoms with Gasteiger partial charge in [-0.05, 0) is 18.2 Å². The third-order valence-corrected chi connectivity index (χ3v) is 3.81. The molecule has 1 aromatic rings. The predicted molar refractivity (Wildman–Crippen MR) is 89.4 cm³/mol. The average molecular weight is 355 g/mol. The molecular weight excluding hydrogens is 333 g/mol. The van der Waals surface area contributed by atoms with E-state index in [1.54, 1.807) is 0 Å². The summed E-state index contributed by atoms with van der Waals surface area (Å²) in [6.07, 6.45) is -2.10. The molecule has 1 heterocycles. The fraction of sp³-hybridized carbons (Fsp3) is 0.500. The maximum absolute atomic E-state index is 14.5. The standard InChI is InChI=1S/C16H22FN3O5/c1-11(21)25-13(9-18)10-20(16(22)23)12-2-3-15(14(17)8-12)19-4-6-24-7-5-19/h2-3,8,13H,4-7,9-10,18H2,1H3,(H,22,23). The van der Waals surface area contributed by atoms with Gasteiger partial charge in [-0.3, -0.25) is 9.69 Å². The lowest BCUT2D eigenvalue weighted by Crippen LogP contribution is -2.42. The molecule has 0 bridgehead atoms. The molecular formula is C16H22FN3O5. The zero-order valence-corrected chi connectivity index (χ0v) is 14.0. The highest BCUT2D eigenvalue weighted by Crippen LogP contribution is 2.26. The number of morpholine rings is 1. The minimum Gasteiger partial charge on any atom is -0.465 e. The molecule has 1 fully saturated rings. The molecule has 1 aromatic carbocycles. The number of hydrogen-bond acceptors (Lipinski definition) is 6. The van der Waals surface area contributed by atoms with Gasteiger partial charge in [0, 0.05) is 26.6 Å². The van der Waals surface area contributed by atoms with Gasteiger partial charge >= 0.3 is 12.1 Å². The van der Waals surface area contributed by atoms with Gasteiger partial charge in [-0.1, -0.05) is 0 Å². The minimum absolute atomic E-state index is 0.0439. The molecule has 138 valence electrons. The summed E-state index contributed by atoms with van der Waals surface area (Å²) in [5, 5.41) is 9.41. The van der Waals surface area contributed by atoms with Crippen LogP contribution in [0.1, 0.15) is 6.92 Å². The molecule has 8 nitrogen and oxygen atoms in total. The number of ether oxygens (including phenoxy) is 2. The normalized spacial score (nSPS) is 15.6. The molecule has 1 saturated heterocycles. The third kappa shape index (κ3) is 5.04. The van der Waals surface area contributed by atoms with Crippen LogP contribution < -0.4 is 15.5 Å². The monoisotopic (exact) mass is 355 g/mol. The lowest BCUT2D eigenvalue weighted by atomic mass is 10.2. The summed E-state index contributed by atoms with van der Waals surface area (Å²) in [6.45, 7) is 3.16. The number of rotatable bonds is 6. The molecule has 3 N–H and O–H groups in total. The number of esters is 1. The van der Waals surface area contributed by atoms with Crippen molar-refractivity contribution in [2.45, 2.75) is 13.0 Å². The lowest BCUT2D eigenvalue weighted by molar-refractivity contribution is -0.145. The number of anilines is 2. The van der Waals surface area contributed by atoms with E-state index in [1.165, 1.54) is 19.1 Å². The van der Waals surface area contributed by atoms with E-state index in [-0.39, 0.29) is 18.8 Å². The van der Waals surface area contributed by atoms with Crippen LogP contribution >= 0.6 is 0 Å². The molecule has 0 radical (unpaired) electrons. The third-order valence-electron chi connectivity index (χ3n) is 3.81. The van der Waals surface area contributed by atoms with Gasteiger partial charge < -0.3 is 25.2 Å². The Morgan fingerprint density at radius 2 is 2.12 bits per heavy atom. The van der Waals surface area contributed by atoms with E-state index in [9.17, 15) is 19.1 Å². The Bertz CT molecular complexity index is 622. The van der Waals surface area contributed by atoms with Crippen LogP contribution in [0.2, 0.25) is 0 Å². The Kier molecular flexibility index (Phi) is 6.54. The van der Waals surface area contributed by atoms with E-state index in [1.807, 2.05) is 4.90 Å². The second kappa shape index (κ2) is 8.63. The van der Waals surface area contributed by atoms with Crippen LogP contribution in [0.5, 0.6) is 0 Å². The summed E-state index contributed by atoms with van der Waals surface area (Å²) >= 11 is 0. The van der Waals surface area contributed by atoms with Gasteiger partial charge in [0.05, 0.1) is 31.1 Å². The van der Waals surface area contributed by atoms with E-state index >= 15 is 0 Å². The van der Waals surface area contributed by atoms with E-state index in [4.69, 9.17) is 15.2 Å². The van der Waals surface area contributed by atoms with Gasteiger partial charge in [0.1, 0.15) is 11.9 Å². The van der Waals surface area contributed by atoms with Gasteiger partial charge in [0.15, 0.2) is 0 Å². The Hall–Kier alpha value is -2.39. The molecule has 2 rings (SSSR count). The average Bonchev–Trinajstić information content (AvgIpc) is 2.58. The van der Waals surface area contributed by atoms with Crippen LogP contribution in [0.4, 0.5) is 20.6 Å². The van der Waals surface area contributed by atoms with Gasteiger partial charge in [-0.25, -0.2) is 9.18 Å². The molecule has 1 atom stereocenters. The smallest absolute Gasteiger partial charge is 0.411 e. The quantitative estimate of drug-likeness (QED) is 0.735. The van der Waals surface area contributed by atoms with E-state index < -0.39 is 24.0 Å². The summed E-state index contributed by atoms with van der Waals surface area (Å²) in [5.41, 5.74) is 6.05. The van der Waals surface area contributed by atoms with Crippen LogP contribution in [0.25, 0.3) is 0 Å². The molecule has 1 aliphatic heterocycles. The van der Waals surface area contributed by atoms with Gasteiger partial charge in [0.2, 0.25) is 0 Å². The van der Waals surface area contributed by atoms with Crippen molar-refractivity contribution in [1.82, 2.24) is 0 Å². The highest BCUT2D eigenvalue weighted by Gasteiger charge is 2.23. The molecule has 0 aliphatic carbocycles.